The first kappa shape index (κ1) is 16.4. The first-order chi connectivity index (χ1) is 12.7. The molecule has 0 bridgehead atoms. The zero-order chi connectivity index (χ0) is 18.1. The van der Waals surface area contributed by atoms with Crippen molar-refractivity contribution in [2.75, 3.05) is 5.32 Å². The van der Waals surface area contributed by atoms with Gasteiger partial charge in [0.15, 0.2) is 0 Å². The summed E-state index contributed by atoms with van der Waals surface area (Å²) >= 11 is 0. The van der Waals surface area contributed by atoms with E-state index in [-0.39, 0.29) is 5.91 Å². The minimum Gasteiger partial charge on any atom is -0.336 e. The van der Waals surface area contributed by atoms with Gasteiger partial charge in [0.05, 0.1) is 11.7 Å². The summed E-state index contributed by atoms with van der Waals surface area (Å²) in [5.41, 5.74) is 4.55. The van der Waals surface area contributed by atoms with Crippen LogP contribution in [0, 0.1) is 6.92 Å². The number of hydrogen-bond acceptors (Lipinski definition) is 2. The monoisotopic (exact) mass is 346 g/mol. The summed E-state index contributed by atoms with van der Waals surface area (Å²) in [5, 5.41) is 12.2. The van der Waals surface area contributed by atoms with E-state index in [1.807, 2.05) is 37.3 Å². The summed E-state index contributed by atoms with van der Waals surface area (Å²) in [5.74, 6) is -0.0753. The fourth-order valence-corrected chi connectivity index (χ4v) is 3.52. The van der Waals surface area contributed by atoms with Crippen LogP contribution in [0.2, 0.25) is 0 Å². The number of carbonyl (C=O) groups is 1. The van der Waals surface area contributed by atoms with Gasteiger partial charge in [-0.05, 0) is 43.2 Å². The Bertz CT molecular complexity index is 1090. The molecule has 4 rings (SSSR count). The average molecular weight is 346 g/mol. The normalized spacial score (nSPS) is 11.3. The number of fused-ring (bicyclic) bond motifs is 2. The second kappa shape index (κ2) is 6.67. The molecular formula is C21H22N4O. The molecule has 0 fully saturated rings. The maximum atomic E-state index is 13.1. The van der Waals surface area contributed by atoms with E-state index in [9.17, 15) is 4.79 Å². The van der Waals surface area contributed by atoms with E-state index in [0.717, 1.165) is 58.1 Å². The third-order valence-corrected chi connectivity index (χ3v) is 4.87. The molecule has 0 atom stereocenters. The fraction of sp³-hybridized carbons (Fsp3) is 0.238. The van der Waals surface area contributed by atoms with Crippen molar-refractivity contribution in [1.82, 2.24) is 14.8 Å². The van der Waals surface area contributed by atoms with Crippen LogP contribution in [0.15, 0.2) is 48.7 Å². The van der Waals surface area contributed by atoms with Crippen LogP contribution in [-0.4, -0.2) is 20.7 Å². The zero-order valence-corrected chi connectivity index (χ0v) is 15.0. The van der Waals surface area contributed by atoms with E-state index in [1.165, 1.54) is 0 Å². The van der Waals surface area contributed by atoms with Gasteiger partial charge < -0.3 is 9.88 Å². The maximum absolute atomic E-state index is 13.1. The number of rotatable bonds is 5. The van der Waals surface area contributed by atoms with Crippen molar-refractivity contribution in [3.05, 3.63) is 59.9 Å². The number of aryl methyl sites for hydroxylation is 2. The van der Waals surface area contributed by atoms with E-state index in [0.29, 0.717) is 0 Å². The number of para-hydroxylation sites is 1. The first-order valence-electron chi connectivity index (χ1n) is 9.01. The summed E-state index contributed by atoms with van der Waals surface area (Å²) in [4.78, 5) is 13.1. The molecule has 5 nitrogen and oxygen atoms in total. The molecule has 5 heteroatoms. The number of nitrogens with one attached hydrogen (secondary N) is 2. The Balaban J connectivity index is 1.74. The number of aromatic amines is 1. The van der Waals surface area contributed by atoms with Crippen LogP contribution in [0.1, 0.15) is 35.8 Å². The van der Waals surface area contributed by atoms with Gasteiger partial charge in [-0.1, -0.05) is 31.5 Å². The summed E-state index contributed by atoms with van der Waals surface area (Å²) < 4.78 is 2.15. The standard InChI is InChI=1S/C21H22N4O/c1-3-4-11-25-19-8-6-5-7-17(19)14(2)20(25)21(26)23-16-10-9-15-13-22-24-18(15)12-16/h5-10,12-13H,3-4,11H2,1-2H3,(H,22,24)(H,23,26). The number of amides is 1. The molecule has 0 aliphatic rings. The van der Waals surface area contributed by atoms with Crippen molar-refractivity contribution in [2.24, 2.45) is 0 Å². The number of anilines is 1. The van der Waals surface area contributed by atoms with Crippen LogP contribution in [0.25, 0.3) is 21.8 Å². The van der Waals surface area contributed by atoms with E-state index in [4.69, 9.17) is 0 Å². The molecule has 26 heavy (non-hydrogen) atoms. The fourth-order valence-electron chi connectivity index (χ4n) is 3.52. The summed E-state index contributed by atoms with van der Waals surface area (Å²) in [7, 11) is 0. The Labute approximate surface area is 152 Å². The number of carbonyl (C=O) groups excluding carboxylic acids is 1. The molecule has 2 heterocycles. The Kier molecular flexibility index (Phi) is 4.21. The number of hydrogen-bond donors (Lipinski definition) is 2. The van der Waals surface area contributed by atoms with E-state index < -0.39 is 0 Å². The first-order valence-corrected chi connectivity index (χ1v) is 9.01. The Morgan fingerprint density at radius 3 is 2.92 bits per heavy atom. The lowest BCUT2D eigenvalue weighted by molar-refractivity contribution is 0.101. The van der Waals surface area contributed by atoms with Crippen molar-refractivity contribution < 1.29 is 4.79 Å². The van der Waals surface area contributed by atoms with Crippen LogP contribution >= 0.6 is 0 Å². The lowest BCUT2D eigenvalue weighted by Crippen LogP contribution is -2.18. The zero-order valence-electron chi connectivity index (χ0n) is 15.0. The molecule has 0 aliphatic carbocycles. The molecular weight excluding hydrogens is 324 g/mol. The minimum absolute atomic E-state index is 0.0753. The Morgan fingerprint density at radius 2 is 2.08 bits per heavy atom. The van der Waals surface area contributed by atoms with Crippen LogP contribution in [0.5, 0.6) is 0 Å². The van der Waals surface area contributed by atoms with Crippen molar-refractivity contribution in [3.63, 3.8) is 0 Å². The number of benzene rings is 2. The molecule has 2 aromatic carbocycles. The topological polar surface area (TPSA) is 62.7 Å². The lowest BCUT2D eigenvalue weighted by Gasteiger charge is -2.11. The van der Waals surface area contributed by atoms with Crippen LogP contribution in [-0.2, 0) is 6.54 Å². The smallest absolute Gasteiger partial charge is 0.272 e. The van der Waals surface area contributed by atoms with Crippen molar-refractivity contribution in [3.8, 4) is 0 Å². The second-order valence-electron chi connectivity index (χ2n) is 6.62. The molecule has 0 unspecified atom stereocenters. The maximum Gasteiger partial charge on any atom is 0.272 e. The van der Waals surface area contributed by atoms with Gasteiger partial charge in [0.25, 0.3) is 5.91 Å². The lowest BCUT2D eigenvalue weighted by atomic mass is 10.1. The van der Waals surface area contributed by atoms with E-state index >= 15 is 0 Å². The minimum atomic E-state index is -0.0753. The molecule has 2 aromatic heterocycles. The molecule has 4 aromatic rings. The van der Waals surface area contributed by atoms with Gasteiger partial charge in [0, 0.05) is 28.5 Å². The Hall–Kier alpha value is -3.08. The molecule has 0 spiro atoms. The average Bonchev–Trinajstić information content (AvgIpc) is 3.22. The summed E-state index contributed by atoms with van der Waals surface area (Å²) in [6.45, 7) is 5.03. The number of unbranched alkanes of at least 4 members (excludes halogenated alkanes) is 1. The Morgan fingerprint density at radius 1 is 1.23 bits per heavy atom. The number of nitrogens with zero attached hydrogens (tertiary/aromatic N) is 2. The second-order valence-corrected chi connectivity index (χ2v) is 6.62. The van der Waals surface area contributed by atoms with Gasteiger partial charge in [-0.15, -0.1) is 0 Å². The van der Waals surface area contributed by atoms with Gasteiger partial charge in [0.2, 0.25) is 0 Å². The SMILES string of the molecule is CCCCn1c(C(=O)Nc2ccc3cn[nH]c3c2)c(C)c2ccccc21. The van der Waals surface area contributed by atoms with Crippen LogP contribution in [0.3, 0.4) is 0 Å². The number of H-pyrrole nitrogens is 1. The highest BCUT2D eigenvalue weighted by atomic mass is 16.2. The summed E-state index contributed by atoms with van der Waals surface area (Å²) in [6.07, 6.45) is 3.90. The van der Waals surface area contributed by atoms with Gasteiger partial charge in [-0.3, -0.25) is 9.89 Å². The quantitative estimate of drug-likeness (QED) is 0.541. The van der Waals surface area contributed by atoms with Crippen LogP contribution < -0.4 is 5.32 Å². The van der Waals surface area contributed by atoms with Crippen molar-refractivity contribution in [1.29, 1.82) is 0 Å². The molecule has 0 radical (unpaired) electrons. The van der Waals surface area contributed by atoms with Crippen molar-refractivity contribution >= 4 is 33.4 Å². The highest BCUT2D eigenvalue weighted by Crippen LogP contribution is 2.27. The highest BCUT2D eigenvalue weighted by Gasteiger charge is 2.20. The largest absolute Gasteiger partial charge is 0.336 e. The third kappa shape index (κ3) is 2.75. The van der Waals surface area contributed by atoms with Gasteiger partial charge in [-0.2, -0.15) is 5.10 Å². The molecule has 2 N–H and O–H groups in total. The molecule has 0 aliphatic heterocycles. The molecule has 0 saturated heterocycles. The molecule has 0 saturated carbocycles. The molecule has 132 valence electrons. The van der Waals surface area contributed by atoms with Gasteiger partial charge in [0.1, 0.15) is 5.69 Å². The third-order valence-electron chi connectivity index (χ3n) is 4.87. The highest BCUT2D eigenvalue weighted by molar-refractivity contribution is 6.08. The van der Waals surface area contributed by atoms with E-state index in [1.54, 1.807) is 6.20 Å². The summed E-state index contributed by atoms with van der Waals surface area (Å²) in [6, 6.07) is 14.0. The van der Waals surface area contributed by atoms with Gasteiger partial charge >= 0.3 is 0 Å². The predicted octanol–water partition coefficient (Wildman–Crippen LogP) is 4.88. The van der Waals surface area contributed by atoms with E-state index in [2.05, 4.69) is 39.1 Å². The van der Waals surface area contributed by atoms with Crippen LogP contribution in [0.4, 0.5) is 5.69 Å². The molecule has 1 amide bonds. The predicted molar refractivity (Wildman–Crippen MR) is 106 cm³/mol. The van der Waals surface area contributed by atoms with Crippen molar-refractivity contribution in [2.45, 2.75) is 33.2 Å². The van der Waals surface area contributed by atoms with Gasteiger partial charge in [-0.25, -0.2) is 0 Å². The number of aromatic nitrogens is 3.